The Morgan fingerprint density at radius 3 is 2.69 bits per heavy atom. The molecular formula is C21H20N4O6S. The number of nitro benzene ring substituents is 1. The molecule has 0 atom stereocenters. The fourth-order valence-electron chi connectivity index (χ4n) is 3.18. The van der Waals surface area contributed by atoms with Crippen molar-refractivity contribution in [2.45, 2.75) is 6.92 Å². The molecule has 1 aliphatic heterocycles. The number of nitrogens with zero attached hydrogens (tertiary/aromatic N) is 4. The number of aromatic nitrogens is 1. The first-order valence-electron chi connectivity index (χ1n) is 9.61. The fraction of sp³-hybridized carbons (Fsp3) is 0.238. The minimum Gasteiger partial charge on any atom is -0.497 e. The van der Waals surface area contributed by atoms with Crippen molar-refractivity contribution >= 4 is 23.2 Å². The van der Waals surface area contributed by atoms with Gasteiger partial charge in [0.2, 0.25) is 11.6 Å². The molecule has 0 saturated carbocycles. The summed E-state index contributed by atoms with van der Waals surface area (Å²) in [5.74, 6) is 2.03. The highest BCUT2D eigenvalue weighted by Gasteiger charge is 2.23. The highest BCUT2D eigenvalue weighted by molar-refractivity contribution is 7.07. The van der Waals surface area contributed by atoms with Gasteiger partial charge in [-0.3, -0.25) is 15.1 Å². The molecule has 0 spiro atoms. The van der Waals surface area contributed by atoms with E-state index in [2.05, 4.69) is 10.1 Å². The monoisotopic (exact) mass is 456 g/mol. The maximum Gasteiger partial charge on any atom is 0.282 e. The van der Waals surface area contributed by atoms with Crippen LogP contribution in [0.4, 0.5) is 5.69 Å². The first-order valence-corrected chi connectivity index (χ1v) is 10.5. The topological polar surface area (TPSA) is 110 Å². The van der Waals surface area contributed by atoms with E-state index >= 15 is 0 Å². The van der Waals surface area contributed by atoms with Crippen molar-refractivity contribution in [1.29, 1.82) is 0 Å². The van der Waals surface area contributed by atoms with Gasteiger partial charge in [-0.2, -0.15) is 5.10 Å². The van der Waals surface area contributed by atoms with E-state index < -0.39 is 4.92 Å². The summed E-state index contributed by atoms with van der Waals surface area (Å²) in [7, 11) is 3.16. The third kappa shape index (κ3) is 4.02. The maximum atomic E-state index is 11.6. The molecule has 32 heavy (non-hydrogen) atoms. The van der Waals surface area contributed by atoms with Gasteiger partial charge in [0.1, 0.15) is 11.5 Å². The number of ether oxygens (including phenoxy) is 4. The van der Waals surface area contributed by atoms with Crippen molar-refractivity contribution in [3.8, 4) is 34.3 Å². The molecule has 3 aromatic rings. The number of nitro groups is 1. The SMILES string of the molecule is CCN=c1scc(-c2ccc(OC)cc2OC)n1N=Cc1cc2c(cc1[N+](=O)[O-])OCO2. The van der Waals surface area contributed by atoms with Crippen LogP contribution in [0.3, 0.4) is 0 Å². The van der Waals surface area contributed by atoms with Crippen LogP contribution in [-0.2, 0) is 0 Å². The Bertz CT molecular complexity index is 1260. The van der Waals surface area contributed by atoms with Gasteiger partial charge in [-0.15, -0.1) is 11.3 Å². The molecule has 0 radical (unpaired) electrons. The van der Waals surface area contributed by atoms with Gasteiger partial charge in [-0.25, -0.2) is 4.68 Å². The van der Waals surface area contributed by atoms with E-state index in [1.54, 1.807) is 31.0 Å². The Labute approximate surface area is 187 Å². The summed E-state index contributed by atoms with van der Waals surface area (Å²) in [5, 5.41) is 18.0. The molecule has 1 aliphatic rings. The van der Waals surface area contributed by atoms with E-state index in [4.69, 9.17) is 18.9 Å². The van der Waals surface area contributed by atoms with Crippen LogP contribution >= 0.6 is 11.3 Å². The number of thiazole rings is 1. The van der Waals surface area contributed by atoms with Gasteiger partial charge >= 0.3 is 0 Å². The van der Waals surface area contributed by atoms with E-state index in [1.165, 1.54) is 23.6 Å². The molecule has 166 valence electrons. The molecule has 2 aromatic carbocycles. The van der Waals surface area contributed by atoms with Crippen molar-refractivity contribution in [3.63, 3.8) is 0 Å². The molecule has 0 amide bonds. The maximum absolute atomic E-state index is 11.6. The summed E-state index contributed by atoms with van der Waals surface area (Å²) in [4.78, 5) is 16.2. The Hall–Kier alpha value is -3.86. The third-order valence-corrected chi connectivity index (χ3v) is 5.55. The first kappa shape index (κ1) is 21.4. The lowest BCUT2D eigenvalue weighted by Crippen LogP contribution is -2.13. The molecular weight excluding hydrogens is 436 g/mol. The number of hydrogen-bond acceptors (Lipinski definition) is 9. The van der Waals surface area contributed by atoms with E-state index in [-0.39, 0.29) is 18.0 Å². The molecule has 1 aromatic heterocycles. The third-order valence-electron chi connectivity index (χ3n) is 4.69. The van der Waals surface area contributed by atoms with Crippen molar-refractivity contribution in [1.82, 2.24) is 4.68 Å². The number of fused-ring (bicyclic) bond motifs is 1. The normalized spacial score (nSPS) is 13.0. The van der Waals surface area contributed by atoms with Crippen molar-refractivity contribution < 1.29 is 23.9 Å². The molecule has 0 saturated heterocycles. The van der Waals surface area contributed by atoms with Gasteiger partial charge in [0, 0.05) is 23.6 Å². The molecule has 0 fully saturated rings. The van der Waals surface area contributed by atoms with Crippen LogP contribution in [0, 0.1) is 10.1 Å². The number of rotatable bonds is 7. The lowest BCUT2D eigenvalue weighted by Gasteiger charge is -2.11. The average Bonchev–Trinajstić information content (AvgIpc) is 3.43. The molecule has 11 heteroatoms. The van der Waals surface area contributed by atoms with Crippen molar-refractivity contribution in [2.24, 2.45) is 10.1 Å². The van der Waals surface area contributed by atoms with Crippen LogP contribution in [0.15, 0.2) is 45.8 Å². The van der Waals surface area contributed by atoms with Crippen molar-refractivity contribution in [3.05, 3.63) is 56.2 Å². The summed E-state index contributed by atoms with van der Waals surface area (Å²) in [6, 6.07) is 8.35. The predicted octanol–water partition coefficient (Wildman–Crippen LogP) is 3.67. The zero-order valence-corrected chi connectivity index (χ0v) is 18.4. The summed E-state index contributed by atoms with van der Waals surface area (Å²) in [6.07, 6.45) is 1.42. The fourth-order valence-corrected chi connectivity index (χ4v) is 4.07. The van der Waals surface area contributed by atoms with Gasteiger partial charge in [-0.1, -0.05) is 0 Å². The average molecular weight is 456 g/mol. The van der Waals surface area contributed by atoms with E-state index in [0.717, 1.165) is 11.3 Å². The Morgan fingerprint density at radius 1 is 1.22 bits per heavy atom. The number of hydrogen-bond donors (Lipinski definition) is 0. The highest BCUT2D eigenvalue weighted by atomic mass is 32.1. The summed E-state index contributed by atoms with van der Waals surface area (Å²) < 4.78 is 23.1. The van der Waals surface area contributed by atoms with E-state index in [0.29, 0.717) is 34.3 Å². The smallest absolute Gasteiger partial charge is 0.282 e. The second kappa shape index (κ2) is 9.10. The van der Waals surface area contributed by atoms with Gasteiger partial charge in [-0.05, 0) is 25.1 Å². The first-order chi connectivity index (χ1) is 15.5. The summed E-state index contributed by atoms with van der Waals surface area (Å²) >= 11 is 1.41. The molecule has 0 N–H and O–H groups in total. The minimum atomic E-state index is -0.480. The van der Waals surface area contributed by atoms with Crippen LogP contribution in [0.25, 0.3) is 11.3 Å². The number of benzene rings is 2. The van der Waals surface area contributed by atoms with Gasteiger partial charge in [0.25, 0.3) is 5.69 Å². The van der Waals surface area contributed by atoms with Crippen LogP contribution in [0.1, 0.15) is 12.5 Å². The van der Waals surface area contributed by atoms with Crippen LogP contribution in [0.2, 0.25) is 0 Å². The summed E-state index contributed by atoms with van der Waals surface area (Å²) in [6.45, 7) is 2.50. The molecule has 2 heterocycles. The highest BCUT2D eigenvalue weighted by Crippen LogP contribution is 2.37. The molecule has 10 nitrogen and oxygen atoms in total. The Balaban J connectivity index is 1.84. The van der Waals surface area contributed by atoms with Crippen molar-refractivity contribution in [2.75, 3.05) is 27.6 Å². The second-order valence-corrected chi connectivity index (χ2v) is 7.36. The lowest BCUT2D eigenvalue weighted by molar-refractivity contribution is -0.385. The standard InChI is InChI=1S/C21H20N4O6S/c1-4-22-21-24(17(11-32-21)15-6-5-14(28-2)8-18(15)29-3)23-10-13-7-19-20(31-12-30-19)9-16(13)25(26)27/h5-11H,4,12H2,1-3H3. The van der Waals surface area contributed by atoms with Gasteiger partial charge in [0.15, 0.2) is 11.5 Å². The molecule has 4 rings (SSSR count). The number of methoxy groups -OCH3 is 2. The lowest BCUT2D eigenvalue weighted by atomic mass is 10.1. The zero-order valence-electron chi connectivity index (χ0n) is 17.6. The van der Waals surface area contributed by atoms with Gasteiger partial charge in [0.05, 0.1) is 42.7 Å². The van der Waals surface area contributed by atoms with E-state index in [9.17, 15) is 10.1 Å². The van der Waals surface area contributed by atoms with Crippen LogP contribution in [0.5, 0.6) is 23.0 Å². The zero-order chi connectivity index (χ0) is 22.7. The van der Waals surface area contributed by atoms with Crippen LogP contribution < -0.4 is 23.7 Å². The van der Waals surface area contributed by atoms with E-state index in [1.807, 2.05) is 24.4 Å². The minimum absolute atomic E-state index is 0.0211. The van der Waals surface area contributed by atoms with Gasteiger partial charge < -0.3 is 18.9 Å². The molecule has 0 unspecified atom stereocenters. The second-order valence-electron chi connectivity index (χ2n) is 6.52. The molecule has 0 aliphatic carbocycles. The summed E-state index contributed by atoms with van der Waals surface area (Å²) in [5.41, 5.74) is 1.65. The largest absolute Gasteiger partial charge is 0.497 e. The Morgan fingerprint density at radius 2 is 2.00 bits per heavy atom. The molecule has 0 bridgehead atoms. The van der Waals surface area contributed by atoms with Crippen LogP contribution in [-0.4, -0.2) is 43.4 Å². The predicted molar refractivity (Wildman–Crippen MR) is 119 cm³/mol. The Kier molecular flexibility index (Phi) is 6.08. The quantitative estimate of drug-likeness (QED) is 0.305.